The second-order valence-corrected chi connectivity index (χ2v) is 4.80. The van der Waals surface area contributed by atoms with Crippen molar-refractivity contribution >= 4 is 17.4 Å². The molecule has 17 heavy (non-hydrogen) atoms. The number of carbonyl (C=O) groups is 1. The molecule has 1 fully saturated rings. The van der Waals surface area contributed by atoms with Gasteiger partial charge in [0.2, 0.25) is 0 Å². The standard InChI is InChI=1S/C11H16ClN3O2/c1-6-11(12)9(15(2)14-6)3-10(16)7-4-17-5-8(7)13/h7-8H,3-5,13H2,1-2H3. The van der Waals surface area contributed by atoms with Crippen LogP contribution in [0.5, 0.6) is 0 Å². The number of aromatic nitrogens is 2. The van der Waals surface area contributed by atoms with E-state index in [1.54, 1.807) is 11.7 Å². The normalized spacial score (nSPS) is 24.2. The molecule has 1 aliphatic rings. The molecule has 2 unspecified atom stereocenters. The van der Waals surface area contributed by atoms with E-state index in [4.69, 9.17) is 22.1 Å². The number of nitrogens with zero attached hydrogens (tertiary/aromatic N) is 2. The molecule has 94 valence electrons. The fourth-order valence-electron chi connectivity index (χ4n) is 2.07. The number of carbonyl (C=O) groups excluding carboxylic acids is 1. The first kappa shape index (κ1) is 12.5. The topological polar surface area (TPSA) is 70.1 Å². The van der Waals surface area contributed by atoms with E-state index in [9.17, 15) is 4.79 Å². The fraction of sp³-hybridized carbons (Fsp3) is 0.636. The van der Waals surface area contributed by atoms with Gasteiger partial charge >= 0.3 is 0 Å². The van der Waals surface area contributed by atoms with Crippen LogP contribution in [-0.4, -0.2) is 34.8 Å². The van der Waals surface area contributed by atoms with E-state index < -0.39 is 0 Å². The van der Waals surface area contributed by atoms with E-state index in [0.717, 1.165) is 11.4 Å². The summed E-state index contributed by atoms with van der Waals surface area (Å²) in [6, 6.07) is -0.199. The Labute approximate surface area is 105 Å². The molecule has 0 bridgehead atoms. The number of ether oxygens (including phenoxy) is 1. The van der Waals surface area contributed by atoms with Gasteiger partial charge < -0.3 is 10.5 Å². The Hall–Kier alpha value is -0.910. The average Bonchev–Trinajstić information content (AvgIpc) is 2.78. The van der Waals surface area contributed by atoms with E-state index in [1.807, 2.05) is 6.92 Å². The van der Waals surface area contributed by atoms with Crippen molar-refractivity contribution in [2.24, 2.45) is 18.7 Å². The zero-order chi connectivity index (χ0) is 12.6. The summed E-state index contributed by atoms with van der Waals surface area (Å²) in [6.07, 6.45) is 0.262. The molecule has 0 saturated carbocycles. The van der Waals surface area contributed by atoms with Crippen LogP contribution in [0.2, 0.25) is 5.02 Å². The van der Waals surface area contributed by atoms with Gasteiger partial charge in [0.05, 0.1) is 42.0 Å². The molecular formula is C11H16ClN3O2. The monoisotopic (exact) mass is 257 g/mol. The number of nitrogens with two attached hydrogens (primary N) is 1. The van der Waals surface area contributed by atoms with Crippen molar-refractivity contribution in [3.05, 3.63) is 16.4 Å². The number of hydrogen-bond donors (Lipinski definition) is 1. The first-order valence-electron chi connectivity index (χ1n) is 5.54. The molecule has 0 aliphatic carbocycles. The van der Waals surface area contributed by atoms with Gasteiger partial charge in [-0.25, -0.2) is 0 Å². The Bertz CT molecular complexity index is 444. The Kier molecular flexibility index (Phi) is 3.51. The Morgan fingerprint density at radius 1 is 1.65 bits per heavy atom. The van der Waals surface area contributed by atoms with E-state index in [2.05, 4.69) is 5.10 Å². The molecule has 1 aliphatic heterocycles. The highest BCUT2D eigenvalue weighted by Crippen LogP contribution is 2.22. The number of Topliss-reactive ketones (excluding diaryl/α,β-unsaturated/α-hetero) is 1. The highest BCUT2D eigenvalue weighted by atomic mass is 35.5. The molecule has 2 atom stereocenters. The van der Waals surface area contributed by atoms with Gasteiger partial charge in [-0.05, 0) is 6.92 Å². The zero-order valence-corrected chi connectivity index (χ0v) is 10.7. The number of halogens is 1. The van der Waals surface area contributed by atoms with Crippen LogP contribution in [-0.2, 0) is 23.0 Å². The minimum atomic E-state index is -0.221. The smallest absolute Gasteiger partial charge is 0.145 e. The van der Waals surface area contributed by atoms with Crippen molar-refractivity contribution in [3.63, 3.8) is 0 Å². The molecule has 0 aromatic carbocycles. The quantitative estimate of drug-likeness (QED) is 0.855. The van der Waals surface area contributed by atoms with Crippen LogP contribution in [0, 0.1) is 12.8 Å². The molecule has 5 nitrogen and oxygen atoms in total. The van der Waals surface area contributed by atoms with Crippen LogP contribution in [0.25, 0.3) is 0 Å². The first-order valence-corrected chi connectivity index (χ1v) is 5.92. The maximum absolute atomic E-state index is 12.1. The maximum atomic E-state index is 12.1. The summed E-state index contributed by atoms with van der Waals surface area (Å²) in [4.78, 5) is 12.1. The Morgan fingerprint density at radius 2 is 2.35 bits per heavy atom. The molecule has 1 aromatic heterocycles. The van der Waals surface area contributed by atoms with Gasteiger partial charge in [0.1, 0.15) is 5.78 Å². The van der Waals surface area contributed by atoms with E-state index in [0.29, 0.717) is 18.2 Å². The lowest BCUT2D eigenvalue weighted by atomic mass is 9.96. The third-order valence-corrected chi connectivity index (χ3v) is 3.63. The second-order valence-electron chi connectivity index (χ2n) is 4.42. The summed E-state index contributed by atoms with van der Waals surface area (Å²) in [6.45, 7) is 2.68. The van der Waals surface area contributed by atoms with E-state index in [-0.39, 0.29) is 24.2 Å². The van der Waals surface area contributed by atoms with Crippen molar-refractivity contribution in [1.29, 1.82) is 0 Å². The van der Waals surface area contributed by atoms with Crippen LogP contribution >= 0.6 is 11.6 Å². The molecule has 2 N–H and O–H groups in total. The summed E-state index contributed by atoms with van der Waals surface area (Å²) in [5.74, 6) is -0.152. The summed E-state index contributed by atoms with van der Waals surface area (Å²) in [5, 5.41) is 4.74. The minimum absolute atomic E-state index is 0.0694. The van der Waals surface area contributed by atoms with Crippen LogP contribution in [0.4, 0.5) is 0 Å². The summed E-state index contributed by atoms with van der Waals surface area (Å²) >= 11 is 6.10. The summed E-state index contributed by atoms with van der Waals surface area (Å²) in [5.41, 5.74) is 7.30. The third-order valence-electron chi connectivity index (χ3n) is 3.14. The lowest BCUT2D eigenvalue weighted by Crippen LogP contribution is -2.35. The number of ketones is 1. The van der Waals surface area contributed by atoms with Gasteiger partial charge in [-0.1, -0.05) is 11.6 Å². The lowest BCUT2D eigenvalue weighted by Gasteiger charge is -2.11. The largest absolute Gasteiger partial charge is 0.379 e. The first-order chi connectivity index (χ1) is 8.00. The van der Waals surface area contributed by atoms with Crippen molar-refractivity contribution in [2.45, 2.75) is 19.4 Å². The summed E-state index contributed by atoms with van der Waals surface area (Å²) < 4.78 is 6.84. The van der Waals surface area contributed by atoms with Crippen LogP contribution in [0.3, 0.4) is 0 Å². The molecule has 0 radical (unpaired) electrons. The predicted molar refractivity (Wildman–Crippen MR) is 64.0 cm³/mol. The predicted octanol–water partition coefficient (Wildman–Crippen LogP) is 0.467. The van der Waals surface area contributed by atoms with E-state index in [1.165, 1.54) is 0 Å². The Morgan fingerprint density at radius 3 is 2.82 bits per heavy atom. The zero-order valence-electron chi connectivity index (χ0n) is 9.94. The van der Waals surface area contributed by atoms with E-state index >= 15 is 0 Å². The number of rotatable bonds is 3. The lowest BCUT2D eigenvalue weighted by molar-refractivity contribution is -0.122. The van der Waals surface area contributed by atoms with Gasteiger partial charge in [-0.2, -0.15) is 5.10 Å². The number of aryl methyl sites for hydroxylation is 2. The van der Waals surface area contributed by atoms with Crippen molar-refractivity contribution < 1.29 is 9.53 Å². The maximum Gasteiger partial charge on any atom is 0.145 e. The van der Waals surface area contributed by atoms with Crippen molar-refractivity contribution in [3.8, 4) is 0 Å². The fourth-order valence-corrected chi connectivity index (χ4v) is 2.30. The third kappa shape index (κ3) is 2.36. The SMILES string of the molecule is Cc1nn(C)c(CC(=O)C2COCC2N)c1Cl. The van der Waals surface area contributed by atoms with Crippen molar-refractivity contribution in [1.82, 2.24) is 9.78 Å². The van der Waals surface area contributed by atoms with Gasteiger partial charge in [0.25, 0.3) is 0 Å². The average molecular weight is 258 g/mol. The highest BCUT2D eigenvalue weighted by molar-refractivity contribution is 6.32. The van der Waals surface area contributed by atoms with Gasteiger partial charge in [0, 0.05) is 13.1 Å². The molecule has 1 saturated heterocycles. The van der Waals surface area contributed by atoms with Crippen LogP contribution < -0.4 is 5.73 Å². The summed E-state index contributed by atoms with van der Waals surface area (Å²) in [7, 11) is 1.78. The molecular weight excluding hydrogens is 242 g/mol. The van der Waals surface area contributed by atoms with Gasteiger partial charge in [-0.15, -0.1) is 0 Å². The second kappa shape index (κ2) is 4.76. The highest BCUT2D eigenvalue weighted by Gasteiger charge is 2.32. The molecule has 2 rings (SSSR count). The number of hydrogen-bond acceptors (Lipinski definition) is 4. The molecule has 2 heterocycles. The molecule has 0 spiro atoms. The minimum Gasteiger partial charge on any atom is -0.379 e. The van der Waals surface area contributed by atoms with Gasteiger partial charge in [-0.3, -0.25) is 9.48 Å². The van der Waals surface area contributed by atoms with Gasteiger partial charge in [0.15, 0.2) is 0 Å². The molecule has 6 heteroatoms. The van der Waals surface area contributed by atoms with Crippen LogP contribution in [0.15, 0.2) is 0 Å². The van der Waals surface area contributed by atoms with Crippen molar-refractivity contribution in [2.75, 3.05) is 13.2 Å². The van der Waals surface area contributed by atoms with Crippen LogP contribution in [0.1, 0.15) is 11.4 Å². The Balaban J connectivity index is 2.13. The molecule has 1 aromatic rings. The molecule has 0 amide bonds.